The normalized spacial score (nSPS) is 9.09. The molecule has 0 bridgehead atoms. The molecule has 0 amide bonds. The van der Waals surface area contributed by atoms with Crippen LogP contribution in [0.15, 0.2) is 21.7 Å². The summed E-state index contributed by atoms with van der Waals surface area (Å²) in [5.41, 5.74) is 0.384. The molecule has 0 aliphatic rings. The number of nitrogens with zero attached hydrogens (tertiary/aromatic N) is 2. The Labute approximate surface area is 124 Å². The molecule has 8 nitrogen and oxygen atoms in total. The molecule has 0 spiro atoms. The van der Waals surface area contributed by atoms with Crippen LogP contribution in [0.4, 0.5) is 0 Å². The lowest BCUT2D eigenvalue weighted by Crippen LogP contribution is -2.05. The van der Waals surface area contributed by atoms with Gasteiger partial charge in [0.1, 0.15) is 23.3 Å². The summed E-state index contributed by atoms with van der Waals surface area (Å²) in [5, 5.41) is 34.9. The lowest BCUT2D eigenvalue weighted by atomic mass is 10.2. The van der Waals surface area contributed by atoms with Crippen molar-refractivity contribution in [3.8, 4) is 23.9 Å². The first kappa shape index (κ1) is 16.5. The first-order chi connectivity index (χ1) is 10.3. The molecule has 2 heterocycles. The van der Waals surface area contributed by atoms with Crippen LogP contribution in [-0.4, -0.2) is 20.2 Å². The first-order valence-corrected chi connectivity index (χ1v) is 5.96. The highest BCUT2D eigenvalue weighted by molar-refractivity contribution is 5.43. The number of hydrogen-bond donors (Lipinski definition) is 4. The molecular weight excluding hydrogens is 288 g/mol. The lowest BCUT2D eigenvalue weighted by molar-refractivity contribution is 0.448. The summed E-state index contributed by atoms with van der Waals surface area (Å²) < 4.78 is 0. The smallest absolute Gasteiger partial charge is 0.251 e. The summed E-state index contributed by atoms with van der Waals surface area (Å²) in [7, 11) is 0. The van der Waals surface area contributed by atoms with Gasteiger partial charge in [0.05, 0.1) is 0 Å². The second kappa shape index (κ2) is 6.77. The molecule has 0 saturated heterocycles. The number of rotatable bonds is 0. The molecule has 2 aromatic rings. The van der Waals surface area contributed by atoms with Gasteiger partial charge in [-0.05, 0) is 25.0 Å². The Morgan fingerprint density at radius 1 is 0.864 bits per heavy atom. The van der Waals surface area contributed by atoms with Crippen LogP contribution in [0.25, 0.3) is 0 Å². The van der Waals surface area contributed by atoms with E-state index in [9.17, 15) is 9.59 Å². The Bertz CT molecular complexity index is 769. The molecule has 0 aliphatic carbocycles. The van der Waals surface area contributed by atoms with E-state index in [1.165, 1.54) is 12.1 Å². The highest BCUT2D eigenvalue weighted by Crippen LogP contribution is 2.13. The van der Waals surface area contributed by atoms with Gasteiger partial charge in [-0.3, -0.25) is 19.6 Å². The highest BCUT2D eigenvalue weighted by atomic mass is 16.3. The van der Waals surface area contributed by atoms with Crippen LogP contribution in [0.1, 0.15) is 22.3 Å². The molecule has 8 heteroatoms. The Morgan fingerprint density at radius 2 is 1.18 bits per heavy atom. The van der Waals surface area contributed by atoms with E-state index in [4.69, 9.17) is 20.7 Å². The number of aromatic amines is 2. The van der Waals surface area contributed by atoms with Crippen LogP contribution in [0.5, 0.6) is 11.8 Å². The second-order valence-corrected chi connectivity index (χ2v) is 4.30. The minimum atomic E-state index is -0.404. The van der Waals surface area contributed by atoms with Crippen molar-refractivity contribution >= 4 is 0 Å². The number of aryl methyl sites for hydroxylation is 2. The van der Waals surface area contributed by atoms with Gasteiger partial charge in [-0.25, -0.2) is 0 Å². The molecule has 0 unspecified atom stereocenters. The Balaban J connectivity index is 0.000000220. The number of nitriles is 2. The monoisotopic (exact) mass is 300 g/mol. The number of pyridine rings is 2. The molecule has 0 aromatic carbocycles. The fraction of sp³-hybridized carbons (Fsp3) is 0.143. The molecule has 0 saturated carbocycles. The van der Waals surface area contributed by atoms with Gasteiger partial charge in [0.15, 0.2) is 0 Å². The standard InChI is InChI=1S/2C7H6N2O2/c2*1-4-2-6(10)9-7(11)5(4)3-8/h2*2H,1H3,(H2,9,10,11). The van der Waals surface area contributed by atoms with Crippen molar-refractivity contribution in [2.75, 3.05) is 0 Å². The van der Waals surface area contributed by atoms with Crippen LogP contribution in [0, 0.1) is 36.5 Å². The van der Waals surface area contributed by atoms with Gasteiger partial charge in [0.2, 0.25) is 11.8 Å². The van der Waals surface area contributed by atoms with Crippen LogP contribution in [-0.2, 0) is 0 Å². The molecule has 2 rings (SSSR count). The van der Waals surface area contributed by atoms with Crippen LogP contribution in [0.2, 0.25) is 0 Å². The number of aromatic nitrogens is 2. The third-order valence-electron chi connectivity index (χ3n) is 2.66. The fourth-order valence-corrected chi connectivity index (χ4v) is 1.62. The van der Waals surface area contributed by atoms with Crippen molar-refractivity contribution in [2.45, 2.75) is 13.8 Å². The maximum atomic E-state index is 10.7. The summed E-state index contributed by atoms with van der Waals surface area (Å²) in [5.74, 6) is -0.727. The summed E-state index contributed by atoms with van der Waals surface area (Å²) in [4.78, 5) is 25.5. The molecule has 4 N–H and O–H groups in total. The van der Waals surface area contributed by atoms with E-state index in [1.54, 1.807) is 26.0 Å². The van der Waals surface area contributed by atoms with E-state index in [1.807, 2.05) is 0 Å². The van der Waals surface area contributed by atoms with Gasteiger partial charge in [0.25, 0.3) is 11.1 Å². The van der Waals surface area contributed by atoms with E-state index in [0.717, 1.165) is 0 Å². The van der Waals surface area contributed by atoms with Crippen LogP contribution in [0.3, 0.4) is 0 Å². The average Bonchev–Trinajstić information content (AvgIpc) is 2.38. The van der Waals surface area contributed by atoms with E-state index in [-0.39, 0.29) is 22.9 Å². The molecule has 0 aliphatic heterocycles. The Kier molecular flexibility index (Phi) is 5.09. The molecule has 2 aromatic heterocycles. The first-order valence-electron chi connectivity index (χ1n) is 5.96. The number of aromatic hydroxyl groups is 2. The number of hydrogen-bond acceptors (Lipinski definition) is 6. The minimum absolute atomic E-state index is 0.115. The summed E-state index contributed by atoms with van der Waals surface area (Å²) >= 11 is 0. The summed E-state index contributed by atoms with van der Waals surface area (Å²) in [6.07, 6.45) is 0. The molecule has 0 atom stereocenters. The van der Waals surface area contributed by atoms with Crippen molar-refractivity contribution in [1.82, 2.24) is 9.97 Å². The number of H-pyrrole nitrogens is 2. The Hall–Kier alpha value is -3.52. The average molecular weight is 300 g/mol. The van der Waals surface area contributed by atoms with Gasteiger partial charge in [-0.15, -0.1) is 0 Å². The predicted octanol–water partition coefficient (Wildman–Crippen LogP) is 0.521. The molecule has 0 radical (unpaired) electrons. The quantitative estimate of drug-likeness (QED) is 0.556. The van der Waals surface area contributed by atoms with E-state index < -0.39 is 11.1 Å². The fourth-order valence-electron chi connectivity index (χ4n) is 1.62. The van der Waals surface area contributed by atoms with Crippen molar-refractivity contribution in [2.24, 2.45) is 0 Å². The van der Waals surface area contributed by atoms with Crippen molar-refractivity contribution in [1.29, 1.82) is 10.5 Å². The lowest BCUT2D eigenvalue weighted by Gasteiger charge is -1.96. The Morgan fingerprint density at radius 3 is 1.41 bits per heavy atom. The van der Waals surface area contributed by atoms with E-state index >= 15 is 0 Å². The van der Waals surface area contributed by atoms with Crippen LogP contribution < -0.4 is 11.1 Å². The van der Waals surface area contributed by atoms with E-state index in [0.29, 0.717) is 11.1 Å². The van der Waals surface area contributed by atoms with Gasteiger partial charge in [-0.2, -0.15) is 10.5 Å². The summed E-state index contributed by atoms with van der Waals surface area (Å²) in [6.45, 7) is 3.18. The van der Waals surface area contributed by atoms with E-state index in [2.05, 4.69) is 9.97 Å². The largest absolute Gasteiger partial charge is 0.494 e. The maximum absolute atomic E-state index is 10.7. The van der Waals surface area contributed by atoms with Crippen molar-refractivity contribution < 1.29 is 10.2 Å². The topological polar surface area (TPSA) is 154 Å². The van der Waals surface area contributed by atoms with Crippen molar-refractivity contribution in [3.05, 3.63) is 55.1 Å². The third-order valence-corrected chi connectivity index (χ3v) is 2.66. The second-order valence-electron chi connectivity index (χ2n) is 4.30. The third kappa shape index (κ3) is 3.74. The summed E-state index contributed by atoms with van der Waals surface area (Å²) in [6, 6.07) is 6.07. The molecule has 112 valence electrons. The maximum Gasteiger partial charge on any atom is 0.251 e. The predicted molar refractivity (Wildman–Crippen MR) is 76.4 cm³/mol. The highest BCUT2D eigenvalue weighted by Gasteiger charge is 2.04. The van der Waals surface area contributed by atoms with Gasteiger partial charge in [-0.1, -0.05) is 0 Å². The molecule has 0 fully saturated rings. The van der Waals surface area contributed by atoms with Crippen molar-refractivity contribution in [3.63, 3.8) is 0 Å². The SMILES string of the molecule is Cc1cc(=O)[nH]c(O)c1C#N.Cc1cc(=O)[nH]c(O)c1C#N. The molecule has 22 heavy (non-hydrogen) atoms. The number of nitrogens with one attached hydrogen (secondary N) is 2. The zero-order valence-corrected chi connectivity index (χ0v) is 11.8. The minimum Gasteiger partial charge on any atom is -0.494 e. The zero-order valence-electron chi connectivity index (χ0n) is 11.8. The van der Waals surface area contributed by atoms with Gasteiger partial charge >= 0.3 is 0 Å². The zero-order chi connectivity index (χ0) is 16.9. The van der Waals surface area contributed by atoms with Gasteiger partial charge < -0.3 is 10.2 Å². The van der Waals surface area contributed by atoms with Crippen LogP contribution >= 0.6 is 0 Å². The molecular formula is C14H12N4O4. The van der Waals surface area contributed by atoms with Gasteiger partial charge in [0, 0.05) is 12.1 Å².